The van der Waals surface area contributed by atoms with Crippen molar-refractivity contribution in [3.63, 3.8) is 0 Å². The van der Waals surface area contributed by atoms with Crippen molar-refractivity contribution in [3.8, 4) is 0 Å². The molecule has 0 radical (unpaired) electrons. The number of hydrogen-bond acceptors (Lipinski definition) is 3. The highest BCUT2D eigenvalue weighted by atomic mass is 16.5. The lowest BCUT2D eigenvalue weighted by molar-refractivity contribution is 0.0969. The topological polar surface area (TPSA) is 24.5 Å². The van der Waals surface area contributed by atoms with Crippen LogP contribution in [0.3, 0.4) is 0 Å². The predicted octanol–water partition coefficient (Wildman–Crippen LogP) is 2.51. The summed E-state index contributed by atoms with van der Waals surface area (Å²) in [4.78, 5) is 2.58. The van der Waals surface area contributed by atoms with Gasteiger partial charge in [-0.2, -0.15) is 0 Å². The molecule has 0 amide bonds. The largest absolute Gasteiger partial charge is 0.381 e. The average Bonchev–Trinajstić information content (AvgIpc) is 2.91. The first-order valence-corrected chi connectivity index (χ1v) is 7.73. The van der Waals surface area contributed by atoms with Gasteiger partial charge in [0.25, 0.3) is 0 Å². The van der Waals surface area contributed by atoms with Crippen molar-refractivity contribution in [2.24, 2.45) is 5.92 Å². The smallest absolute Gasteiger partial charge is 0.0586 e. The Kier molecular flexibility index (Phi) is 7.87. The number of piperidine rings is 1. The van der Waals surface area contributed by atoms with Crippen LogP contribution in [-0.2, 0) is 4.74 Å². The molecule has 1 heterocycles. The molecule has 0 aromatic carbocycles. The Balaban J connectivity index is 0.000000771. The second-order valence-electron chi connectivity index (χ2n) is 5.46. The molecular formula is C15H32N2O. The van der Waals surface area contributed by atoms with Gasteiger partial charge in [0.1, 0.15) is 0 Å². The maximum atomic E-state index is 5.44. The van der Waals surface area contributed by atoms with E-state index in [4.69, 9.17) is 4.74 Å². The van der Waals surface area contributed by atoms with Gasteiger partial charge in [0.15, 0.2) is 0 Å². The number of nitrogens with one attached hydrogen (secondary N) is 1. The predicted molar refractivity (Wildman–Crippen MR) is 78.0 cm³/mol. The highest BCUT2D eigenvalue weighted by molar-refractivity contribution is 4.83. The van der Waals surface area contributed by atoms with Gasteiger partial charge in [-0.25, -0.2) is 0 Å². The van der Waals surface area contributed by atoms with E-state index >= 15 is 0 Å². The molecule has 108 valence electrons. The van der Waals surface area contributed by atoms with Gasteiger partial charge in [-0.05, 0) is 58.2 Å². The van der Waals surface area contributed by atoms with Crippen molar-refractivity contribution >= 4 is 0 Å². The fraction of sp³-hybridized carbons (Fsp3) is 1.00. The van der Waals surface area contributed by atoms with E-state index in [0.29, 0.717) is 6.10 Å². The molecule has 1 aliphatic heterocycles. The second-order valence-corrected chi connectivity index (χ2v) is 5.46. The monoisotopic (exact) mass is 256 g/mol. The third-order valence-corrected chi connectivity index (χ3v) is 4.32. The minimum atomic E-state index is 0.514. The molecule has 0 unspecified atom stereocenters. The minimum absolute atomic E-state index is 0.514. The summed E-state index contributed by atoms with van der Waals surface area (Å²) in [6.45, 7) is 7.70. The quantitative estimate of drug-likeness (QED) is 0.836. The molecule has 2 rings (SSSR count). The number of rotatable bonds is 4. The van der Waals surface area contributed by atoms with Crippen molar-refractivity contribution in [1.82, 2.24) is 10.2 Å². The minimum Gasteiger partial charge on any atom is -0.381 e. The van der Waals surface area contributed by atoms with E-state index < -0.39 is 0 Å². The van der Waals surface area contributed by atoms with E-state index in [0.717, 1.165) is 12.0 Å². The van der Waals surface area contributed by atoms with Crippen LogP contribution in [0.4, 0.5) is 0 Å². The van der Waals surface area contributed by atoms with Gasteiger partial charge >= 0.3 is 0 Å². The van der Waals surface area contributed by atoms with Crippen molar-refractivity contribution in [3.05, 3.63) is 0 Å². The maximum Gasteiger partial charge on any atom is 0.0586 e. The van der Waals surface area contributed by atoms with Gasteiger partial charge in [-0.3, -0.25) is 0 Å². The van der Waals surface area contributed by atoms with Gasteiger partial charge in [0, 0.05) is 19.7 Å². The molecule has 2 aliphatic rings. The molecule has 0 spiro atoms. The molecule has 3 heteroatoms. The van der Waals surface area contributed by atoms with Crippen molar-refractivity contribution in [2.45, 2.75) is 58.1 Å². The molecule has 0 bridgehead atoms. The lowest BCUT2D eigenvalue weighted by Gasteiger charge is -2.31. The first-order valence-electron chi connectivity index (χ1n) is 7.73. The summed E-state index contributed by atoms with van der Waals surface area (Å²) < 4.78 is 5.44. The van der Waals surface area contributed by atoms with Gasteiger partial charge in [0.2, 0.25) is 0 Å². The Morgan fingerprint density at radius 3 is 2.33 bits per heavy atom. The zero-order valence-electron chi connectivity index (χ0n) is 12.7. The molecule has 2 fully saturated rings. The molecule has 0 aromatic heterocycles. The van der Waals surface area contributed by atoms with Crippen LogP contribution in [-0.4, -0.2) is 50.8 Å². The highest BCUT2D eigenvalue weighted by Gasteiger charge is 2.28. The maximum absolute atomic E-state index is 5.44. The molecule has 18 heavy (non-hydrogen) atoms. The van der Waals surface area contributed by atoms with E-state index in [9.17, 15) is 0 Å². The van der Waals surface area contributed by atoms with Crippen molar-refractivity contribution in [2.75, 3.05) is 33.8 Å². The van der Waals surface area contributed by atoms with Crippen LogP contribution in [0.25, 0.3) is 0 Å². The molecule has 2 atom stereocenters. The molecule has 0 aromatic rings. The SMILES string of the molecule is CC.CO[C@H]1CC[C@@H](N(C)CC2CCNCC2)C1. The Morgan fingerprint density at radius 1 is 1.11 bits per heavy atom. The molecule has 1 aliphatic carbocycles. The summed E-state index contributed by atoms with van der Waals surface area (Å²) in [5, 5.41) is 3.44. The van der Waals surface area contributed by atoms with E-state index in [1.165, 1.54) is 51.7 Å². The van der Waals surface area contributed by atoms with Crippen LogP contribution in [0.2, 0.25) is 0 Å². The number of nitrogens with zero attached hydrogens (tertiary/aromatic N) is 1. The standard InChI is InChI=1S/C13H26N2O.C2H6/c1-15(10-11-5-7-14-8-6-11)12-3-4-13(9-12)16-2;1-2/h11-14H,3-10H2,1-2H3;1-2H3/t12-,13+;/m1./s1. The summed E-state index contributed by atoms with van der Waals surface area (Å²) in [6, 6.07) is 0.764. The molecular weight excluding hydrogens is 224 g/mol. The normalized spacial score (nSPS) is 29.2. The second kappa shape index (κ2) is 8.89. The Bertz CT molecular complexity index is 205. The summed E-state index contributed by atoms with van der Waals surface area (Å²) in [5.74, 6) is 0.910. The highest BCUT2D eigenvalue weighted by Crippen LogP contribution is 2.26. The summed E-state index contributed by atoms with van der Waals surface area (Å²) >= 11 is 0. The first-order chi connectivity index (χ1) is 8.79. The average molecular weight is 256 g/mol. The zero-order chi connectivity index (χ0) is 13.4. The first kappa shape index (κ1) is 15.9. The van der Waals surface area contributed by atoms with Gasteiger partial charge in [0.05, 0.1) is 6.10 Å². The summed E-state index contributed by atoms with van der Waals surface area (Å²) in [5.41, 5.74) is 0. The Morgan fingerprint density at radius 2 is 1.78 bits per heavy atom. The van der Waals surface area contributed by atoms with Crippen LogP contribution in [0.1, 0.15) is 46.0 Å². The lowest BCUT2D eigenvalue weighted by atomic mass is 9.97. The Hall–Kier alpha value is -0.120. The van der Waals surface area contributed by atoms with E-state index in [1.54, 1.807) is 0 Å². The lowest BCUT2D eigenvalue weighted by Crippen LogP contribution is -2.38. The summed E-state index contributed by atoms with van der Waals surface area (Å²) in [7, 11) is 4.14. The van der Waals surface area contributed by atoms with Crippen LogP contribution in [0.5, 0.6) is 0 Å². The van der Waals surface area contributed by atoms with Crippen LogP contribution < -0.4 is 5.32 Å². The van der Waals surface area contributed by atoms with E-state index in [2.05, 4.69) is 17.3 Å². The van der Waals surface area contributed by atoms with E-state index in [1.807, 2.05) is 21.0 Å². The van der Waals surface area contributed by atoms with E-state index in [-0.39, 0.29) is 0 Å². The fourth-order valence-corrected chi connectivity index (χ4v) is 3.15. The fourth-order valence-electron chi connectivity index (χ4n) is 3.15. The third kappa shape index (κ3) is 4.87. The van der Waals surface area contributed by atoms with Gasteiger partial charge in [-0.15, -0.1) is 0 Å². The number of ether oxygens (including phenoxy) is 1. The molecule has 3 nitrogen and oxygen atoms in total. The number of hydrogen-bond donors (Lipinski definition) is 1. The molecule has 1 N–H and O–H groups in total. The summed E-state index contributed by atoms with van der Waals surface area (Å²) in [6.07, 6.45) is 7.02. The van der Waals surface area contributed by atoms with Crippen LogP contribution in [0.15, 0.2) is 0 Å². The molecule has 1 saturated carbocycles. The van der Waals surface area contributed by atoms with Gasteiger partial charge < -0.3 is 15.0 Å². The van der Waals surface area contributed by atoms with Gasteiger partial charge in [-0.1, -0.05) is 13.8 Å². The number of methoxy groups -OCH3 is 1. The van der Waals surface area contributed by atoms with Crippen LogP contribution >= 0.6 is 0 Å². The Labute approximate surface area is 113 Å². The van der Waals surface area contributed by atoms with Crippen molar-refractivity contribution < 1.29 is 4.74 Å². The molecule has 1 saturated heterocycles. The van der Waals surface area contributed by atoms with Crippen LogP contribution in [0, 0.1) is 5.92 Å². The van der Waals surface area contributed by atoms with Crippen molar-refractivity contribution in [1.29, 1.82) is 0 Å². The zero-order valence-corrected chi connectivity index (χ0v) is 12.7. The third-order valence-electron chi connectivity index (χ3n) is 4.32.